The second kappa shape index (κ2) is 6.74. The minimum atomic E-state index is -0.645. The minimum Gasteiger partial charge on any atom is -0.506 e. The highest BCUT2D eigenvalue weighted by Gasteiger charge is 2.15. The van der Waals surface area contributed by atoms with E-state index in [1.807, 2.05) is 0 Å². The number of allylic oxidation sites excluding steroid dienone is 1. The molecule has 0 heterocycles. The van der Waals surface area contributed by atoms with Gasteiger partial charge in [0, 0.05) is 11.6 Å². The molecule has 0 saturated carbocycles. The van der Waals surface area contributed by atoms with Crippen LogP contribution in [-0.2, 0) is 0 Å². The van der Waals surface area contributed by atoms with Gasteiger partial charge in [-0.05, 0) is 18.9 Å². The van der Waals surface area contributed by atoms with E-state index in [4.69, 9.17) is 17.3 Å². The number of aromatic hydroxyl groups is 1. The summed E-state index contributed by atoms with van der Waals surface area (Å²) in [5.74, 6) is -0.915. The predicted octanol–water partition coefficient (Wildman–Crippen LogP) is 3.57. The summed E-state index contributed by atoms with van der Waals surface area (Å²) in [6.45, 7) is 3.58. The van der Waals surface area contributed by atoms with Gasteiger partial charge in [0.15, 0.2) is 0 Å². The highest BCUT2D eigenvalue weighted by Crippen LogP contribution is 2.34. The summed E-state index contributed by atoms with van der Waals surface area (Å²) < 4.78 is 12.9. The van der Waals surface area contributed by atoms with Crippen LogP contribution in [0.15, 0.2) is 24.8 Å². The van der Waals surface area contributed by atoms with Crippen molar-refractivity contribution in [2.75, 3.05) is 0 Å². The Bertz CT molecular complexity index is 371. The van der Waals surface area contributed by atoms with Crippen LogP contribution in [0.5, 0.6) is 5.75 Å². The van der Waals surface area contributed by atoms with Crippen LogP contribution in [0.2, 0.25) is 5.02 Å². The van der Waals surface area contributed by atoms with E-state index in [1.54, 1.807) is 6.08 Å². The van der Waals surface area contributed by atoms with Gasteiger partial charge in [0.05, 0.1) is 0 Å². The molecular formula is C11H14Cl2FNO. The smallest absolute Gasteiger partial charge is 0.145 e. The number of hydrogen-bond acceptors (Lipinski definition) is 2. The fraction of sp³-hybridized carbons (Fsp3) is 0.273. The fourth-order valence-electron chi connectivity index (χ4n) is 1.31. The van der Waals surface area contributed by atoms with Gasteiger partial charge in [0.1, 0.15) is 16.6 Å². The molecule has 0 aliphatic heterocycles. The van der Waals surface area contributed by atoms with Gasteiger partial charge in [0.25, 0.3) is 0 Å². The lowest BCUT2D eigenvalue weighted by Crippen LogP contribution is -2.10. The number of phenols is 1. The van der Waals surface area contributed by atoms with E-state index in [-0.39, 0.29) is 29.2 Å². The number of phenolic OH excluding ortho intramolecular Hbond substituents is 1. The van der Waals surface area contributed by atoms with Gasteiger partial charge in [-0.2, -0.15) is 0 Å². The first-order chi connectivity index (χ1) is 7.07. The zero-order valence-electron chi connectivity index (χ0n) is 8.62. The summed E-state index contributed by atoms with van der Waals surface area (Å²) in [4.78, 5) is 0. The van der Waals surface area contributed by atoms with E-state index in [9.17, 15) is 9.50 Å². The third-order valence-electron chi connectivity index (χ3n) is 2.18. The number of nitrogens with two attached hydrogens (primary N) is 1. The maximum Gasteiger partial charge on any atom is 0.145 e. The van der Waals surface area contributed by atoms with Gasteiger partial charge in [-0.3, -0.25) is 0 Å². The highest BCUT2D eigenvalue weighted by atomic mass is 35.5. The first-order valence-electron chi connectivity index (χ1n) is 4.61. The van der Waals surface area contributed by atoms with Gasteiger partial charge in [-0.15, -0.1) is 19.0 Å². The summed E-state index contributed by atoms with van der Waals surface area (Å²) >= 11 is 5.56. The van der Waals surface area contributed by atoms with Crippen LogP contribution in [0, 0.1) is 5.82 Å². The predicted molar refractivity (Wildman–Crippen MR) is 66.7 cm³/mol. The number of rotatable bonds is 4. The molecule has 0 amide bonds. The van der Waals surface area contributed by atoms with Gasteiger partial charge < -0.3 is 10.8 Å². The van der Waals surface area contributed by atoms with Crippen LogP contribution in [0.25, 0.3) is 0 Å². The van der Waals surface area contributed by atoms with Crippen molar-refractivity contribution in [2.45, 2.75) is 18.9 Å². The molecule has 0 radical (unpaired) electrons. The Morgan fingerprint density at radius 1 is 1.56 bits per heavy atom. The van der Waals surface area contributed by atoms with Crippen molar-refractivity contribution < 1.29 is 9.50 Å². The molecule has 90 valence electrons. The molecule has 0 saturated heterocycles. The molecule has 2 nitrogen and oxygen atoms in total. The van der Waals surface area contributed by atoms with Crippen molar-refractivity contribution >= 4 is 24.0 Å². The van der Waals surface area contributed by atoms with Crippen LogP contribution in [0.3, 0.4) is 0 Å². The fourth-order valence-corrected chi connectivity index (χ4v) is 1.48. The molecule has 5 heteroatoms. The zero-order valence-corrected chi connectivity index (χ0v) is 10.2. The number of halogens is 3. The van der Waals surface area contributed by atoms with E-state index in [0.29, 0.717) is 12.0 Å². The lowest BCUT2D eigenvalue weighted by molar-refractivity contribution is 0.453. The zero-order chi connectivity index (χ0) is 11.4. The number of benzene rings is 1. The van der Waals surface area contributed by atoms with Crippen LogP contribution >= 0.6 is 24.0 Å². The first-order valence-corrected chi connectivity index (χ1v) is 4.99. The highest BCUT2D eigenvalue weighted by molar-refractivity contribution is 6.32. The van der Waals surface area contributed by atoms with Crippen LogP contribution in [-0.4, -0.2) is 5.11 Å². The van der Waals surface area contributed by atoms with Crippen LogP contribution in [0.1, 0.15) is 24.4 Å². The van der Waals surface area contributed by atoms with Gasteiger partial charge in [-0.25, -0.2) is 4.39 Å². The quantitative estimate of drug-likeness (QED) is 0.818. The molecule has 0 bridgehead atoms. The lowest BCUT2D eigenvalue weighted by atomic mass is 10.0. The van der Waals surface area contributed by atoms with Crippen molar-refractivity contribution in [2.24, 2.45) is 5.73 Å². The van der Waals surface area contributed by atoms with Crippen LogP contribution in [0.4, 0.5) is 4.39 Å². The van der Waals surface area contributed by atoms with E-state index < -0.39 is 5.82 Å². The summed E-state index contributed by atoms with van der Waals surface area (Å²) in [7, 11) is 0. The van der Waals surface area contributed by atoms with E-state index in [0.717, 1.165) is 6.42 Å². The molecule has 1 aromatic carbocycles. The Morgan fingerprint density at radius 3 is 2.75 bits per heavy atom. The van der Waals surface area contributed by atoms with E-state index in [2.05, 4.69) is 6.58 Å². The molecule has 0 unspecified atom stereocenters. The first kappa shape index (κ1) is 15.2. The average Bonchev–Trinajstić information content (AvgIpc) is 2.23. The Balaban J connectivity index is 0.00000225. The lowest BCUT2D eigenvalue weighted by Gasteiger charge is -2.13. The van der Waals surface area contributed by atoms with Crippen molar-refractivity contribution in [1.82, 2.24) is 0 Å². The standard InChI is InChI=1S/C11H13ClFNO.ClH/c1-2-3-4-9(14)7-5-6-8(13)10(12)11(7)15;/h2,5-6,9,15H,1,3-4,14H2;1H/t9-;/m1./s1. The maximum atomic E-state index is 12.9. The molecule has 0 fully saturated rings. The molecule has 0 aromatic heterocycles. The second-order valence-electron chi connectivity index (χ2n) is 3.27. The van der Waals surface area contributed by atoms with Crippen molar-refractivity contribution in [3.63, 3.8) is 0 Å². The monoisotopic (exact) mass is 265 g/mol. The molecule has 0 aliphatic carbocycles. The number of hydrogen-bond donors (Lipinski definition) is 2. The molecule has 1 atom stereocenters. The molecule has 3 N–H and O–H groups in total. The Labute approximate surface area is 105 Å². The average molecular weight is 266 g/mol. The maximum absolute atomic E-state index is 12.9. The molecule has 1 aromatic rings. The molecule has 16 heavy (non-hydrogen) atoms. The minimum absolute atomic E-state index is 0. The summed E-state index contributed by atoms with van der Waals surface area (Å²) in [6, 6.07) is 2.29. The summed E-state index contributed by atoms with van der Waals surface area (Å²) in [5.41, 5.74) is 6.27. The van der Waals surface area contributed by atoms with Crippen LogP contribution < -0.4 is 5.73 Å². The second-order valence-corrected chi connectivity index (χ2v) is 3.65. The van der Waals surface area contributed by atoms with Gasteiger partial charge in [0.2, 0.25) is 0 Å². The van der Waals surface area contributed by atoms with E-state index in [1.165, 1.54) is 12.1 Å². The van der Waals surface area contributed by atoms with Crippen molar-refractivity contribution in [3.05, 3.63) is 41.2 Å². The molecule has 1 rings (SSSR count). The van der Waals surface area contributed by atoms with Gasteiger partial charge >= 0.3 is 0 Å². The molecule has 0 aliphatic rings. The SMILES string of the molecule is C=CCC[C@@H](N)c1ccc(F)c(Cl)c1O.Cl. The topological polar surface area (TPSA) is 46.2 Å². The van der Waals surface area contributed by atoms with E-state index >= 15 is 0 Å². The third-order valence-corrected chi connectivity index (χ3v) is 2.54. The summed E-state index contributed by atoms with van der Waals surface area (Å²) in [5, 5.41) is 9.29. The van der Waals surface area contributed by atoms with Crippen molar-refractivity contribution in [1.29, 1.82) is 0 Å². The summed E-state index contributed by atoms with van der Waals surface area (Å²) in [6.07, 6.45) is 3.11. The van der Waals surface area contributed by atoms with Gasteiger partial charge in [-0.1, -0.05) is 23.7 Å². The normalized spacial score (nSPS) is 11.7. The largest absolute Gasteiger partial charge is 0.506 e. The third kappa shape index (κ3) is 3.37. The molecular weight excluding hydrogens is 252 g/mol. The Kier molecular flexibility index (Phi) is 6.41. The molecule has 0 spiro atoms. The Hall–Kier alpha value is -0.770. The Morgan fingerprint density at radius 2 is 2.19 bits per heavy atom. The van der Waals surface area contributed by atoms with Crippen molar-refractivity contribution in [3.8, 4) is 5.75 Å².